The molecule has 1 aliphatic rings. The normalized spacial score (nSPS) is 14.4. The van der Waals surface area contributed by atoms with E-state index in [-0.39, 0.29) is 16.7 Å². The summed E-state index contributed by atoms with van der Waals surface area (Å²) in [6.45, 7) is 6.39. The van der Waals surface area contributed by atoms with Crippen LogP contribution in [-0.4, -0.2) is 11.8 Å². The van der Waals surface area contributed by atoms with Crippen molar-refractivity contribution >= 4 is 28.8 Å². The molecule has 3 aromatic rings. The van der Waals surface area contributed by atoms with E-state index in [2.05, 4.69) is 26.1 Å². The van der Waals surface area contributed by atoms with Gasteiger partial charge in [0.15, 0.2) is 0 Å². The van der Waals surface area contributed by atoms with Gasteiger partial charge < -0.3 is 5.32 Å². The summed E-state index contributed by atoms with van der Waals surface area (Å²) in [7, 11) is 0. The summed E-state index contributed by atoms with van der Waals surface area (Å²) in [5.74, 6) is -1.36. The molecule has 0 radical (unpaired) electrons. The highest BCUT2D eigenvalue weighted by Crippen LogP contribution is 2.34. The van der Waals surface area contributed by atoms with Gasteiger partial charge in [-0.1, -0.05) is 63.2 Å². The van der Waals surface area contributed by atoms with Crippen LogP contribution >= 0.6 is 0 Å². The Morgan fingerprint density at radius 1 is 0.774 bits per heavy atom. The number of benzene rings is 3. The first kappa shape index (κ1) is 20.5. The van der Waals surface area contributed by atoms with Gasteiger partial charge >= 0.3 is 0 Å². The van der Waals surface area contributed by atoms with E-state index in [4.69, 9.17) is 0 Å². The molecule has 1 N–H and O–H groups in total. The Hall–Kier alpha value is -3.73. The third-order valence-electron chi connectivity index (χ3n) is 5.25. The van der Waals surface area contributed by atoms with E-state index >= 15 is 0 Å². The highest BCUT2D eigenvalue weighted by molar-refractivity contribution is 6.46. The zero-order valence-electron chi connectivity index (χ0n) is 17.6. The SMILES string of the molecule is CC(C)(C)c1ccc(NC2=C(c3ccccc3)C(=O)N(c3ccc(F)cc3)C2=O)cc1. The largest absolute Gasteiger partial charge is 0.350 e. The Kier molecular flexibility index (Phi) is 5.19. The van der Waals surface area contributed by atoms with Gasteiger partial charge in [-0.15, -0.1) is 0 Å². The summed E-state index contributed by atoms with van der Waals surface area (Å²) in [4.78, 5) is 27.7. The van der Waals surface area contributed by atoms with Gasteiger partial charge in [-0.05, 0) is 52.9 Å². The molecule has 1 heterocycles. The lowest BCUT2D eigenvalue weighted by atomic mass is 9.87. The molecule has 0 unspecified atom stereocenters. The molecule has 3 aromatic carbocycles. The minimum absolute atomic E-state index is 0.00548. The number of anilines is 2. The predicted octanol–water partition coefficient (Wildman–Crippen LogP) is 5.52. The predicted molar refractivity (Wildman–Crippen MR) is 121 cm³/mol. The first-order chi connectivity index (χ1) is 14.8. The summed E-state index contributed by atoms with van der Waals surface area (Å²) in [5.41, 5.74) is 3.32. The van der Waals surface area contributed by atoms with Crippen molar-refractivity contribution in [1.29, 1.82) is 0 Å². The molecule has 0 fully saturated rings. The van der Waals surface area contributed by atoms with Crippen LogP contribution in [0, 0.1) is 5.82 Å². The van der Waals surface area contributed by atoms with Crippen LogP contribution in [0.2, 0.25) is 0 Å². The minimum Gasteiger partial charge on any atom is -0.350 e. The molecule has 4 nitrogen and oxygen atoms in total. The van der Waals surface area contributed by atoms with Crippen molar-refractivity contribution in [3.05, 3.63) is 102 Å². The van der Waals surface area contributed by atoms with Gasteiger partial charge in [-0.25, -0.2) is 9.29 Å². The van der Waals surface area contributed by atoms with Crippen molar-refractivity contribution in [1.82, 2.24) is 0 Å². The van der Waals surface area contributed by atoms with Gasteiger partial charge in [-0.2, -0.15) is 0 Å². The first-order valence-corrected chi connectivity index (χ1v) is 10.1. The van der Waals surface area contributed by atoms with E-state index < -0.39 is 17.6 Å². The number of imide groups is 1. The molecule has 0 saturated heterocycles. The Morgan fingerprint density at radius 2 is 1.39 bits per heavy atom. The van der Waals surface area contributed by atoms with Gasteiger partial charge in [-0.3, -0.25) is 9.59 Å². The first-order valence-electron chi connectivity index (χ1n) is 10.1. The van der Waals surface area contributed by atoms with Crippen molar-refractivity contribution in [3.63, 3.8) is 0 Å². The molecule has 1 aliphatic heterocycles. The second-order valence-electron chi connectivity index (χ2n) is 8.49. The molecule has 4 rings (SSSR count). The maximum absolute atomic E-state index is 13.4. The third-order valence-corrected chi connectivity index (χ3v) is 5.25. The van der Waals surface area contributed by atoms with E-state index in [1.165, 1.54) is 24.3 Å². The van der Waals surface area contributed by atoms with Crippen LogP contribution in [0.25, 0.3) is 5.57 Å². The molecule has 2 amide bonds. The number of amides is 2. The number of carbonyl (C=O) groups is 2. The average Bonchev–Trinajstić information content (AvgIpc) is 2.99. The van der Waals surface area contributed by atoms with Crippen molar-refractivity contribution < 1.29 is 14.0 Å². The summed E-state index contributed by atoms with van der Waals surface area (Å²) < 4.78 is 13.4. The van der Waals surface area contributed by atoms with Crippen LogP contribution in [0.3, 0.4) is 0 Å². The third kappa shape index (κ3) is 3.99. The van der Waals surface area contributed by atoms with E-state index in [1.54, 1.807) is 12.1 Å². The van der Waals surface area contributed by atoms with Crippen LogP contribution in [0.15, 0.2) is 84.6 Å². The lowest BCUT2D eigenvalue weighted by Crippen LogP contribution is -2.32. The van der Waals surface area contributed by atoms with E-state index in [9.17, 15) is 14.0 Å². The average molecular weight is 414 g/mol. The summed E-state index contributed by atoms with van der Waals surface area (Å²) in [5, 5.41) is 3.15. The number of rotatable bonds is 4. The van der Waals surface area contributed by atoms with E-state index in [0.29, 0.717) is 16.9 Å². The van der Waals surface area contributed by atoms with Gasteiger partial charge in [0.1, 0.15) is 11.5 Å². The number of hydrogen-bond donors (Lipinski definition) is 1. The number of nitrogens with zero attached hydrogens (tertiary/aromatic N) is 1. The van der Waals surface area contributed by atoms with Crippen LogP contribution in [0.4, 0.5) is 15.8 Å². The number of nitrogens with one attached hydrogen (secondary N) is 1. The number of carbonyl (C=O) groups excluding carboxylic acids is 2. The Bertz CT molecular complexity index is 1160. The van der Waals surface area contributed by atoms with Gasteiger partial charge in [0.2, 0.25) is 0 Å². The fraction of sp³-hybridized carbons (Fsp3) is 0.154. The standard InChI is InChI=1S/C26H23FN2O2/c1-26(2,3)18-9-13-20(14-10-18)28-23-22(17-7-5-4-6-8-17)24(30)29(25(23)31)21-15-11-19(27)12-16-21/h4-16,28H,1-3H3. The van der Waals surface area contributed by atoms with Gasteiger partial charge in [0.05, 0.1) is 11.3 Å². The lowest BCUT2D eigenvalue weighted by molar-refractivity contribution is -0.120. The van der Waals surface area contributed by atoms with Crippen molar-refractivity contribution in [2.45, 2.75) is 26.2 Å². The molecule has 0 atom stereocenters. The quantitative estimate of drug-likeness (QED) is 0.572. The van der Waals surface area contributed by atoms with E-state index in [1.807, 2.05) is 42.5 Å². The van der Waals surface area contributed by atoms with E-state index in [0.717, 1.165) is 10.5 Å². The summed E-state index contributed by atoms with van der Waals surface area (Å²) in [6, 6.07) is 22.2. The second-order valence-corrected chi connectivity index (χ2v) is 8.49. The number of halogens is 1. The molecule has 31 heavy (non-hydrogen) atoms. The highest BCUT2D eigenvalue weighted by Gasteiger charge is 2.40. The Labute approximate surface area is 181 Å². The smallest absolute Gasteiger partial charge is 0.282 e. The number of hydrogen-bond acceptors (Lipinski definition) is 3. The molecule has 0 aliphatic carbocycles. The fourth-order valence-electron chi connectivity index (χ4n) is 3.54. The zero-order valence-corrected chi connectivity index (χ0v) is 17.6. The molecule has 0 saturated carbocycles. The van der Waals surface area contributed by atoms with Crippen molar-refractivity contribution in [3.8, 4) is 0 Å². The Balaban J connectivity index is 1.75. The molecule has 156 valence electrons. The topological polar surface area (TPSA) is 49.4 Å². The molecular weight excluding hydrogens is 391 g/mol. The molecule has 5 heteroatoms. The van der Waals surface area contributed by atoms with Crippen LogP contribution < -0.4 is 10.2 Å². The summed E-state index contributed by atoms with van der Waals surface area (Å²) in [6.07, 6.45) is 0. The van der Waals surface area contributed by atoms with Crippen LogP contribution in [0.1, 0.15) is 31.9 Å². The molecule has 0 bridgehead atoms. The lowest BCUT2D eigenvalue weighted by Gasteiger charge is -2.19. The monoisotopic (exact) mass is 414 g/mol. The zero-order chi connectivity index (χ0) is 22.2. The second kappa shape index (κ2) is 7.84. The van der Waals surface area contributed by atoms with Crippen molar-refractivity contribution in [2.24, 2.45) is 0 Å². The highest BCUT2D eigenvalue weighted by atomic mass is 19.1. The van der Waals surface area contributed by atoms with Crippen LogP contribution in [0.5, 0.6) is 0 Å². The molecular formula is C26H23FN2O2. The fourth-order valence-corrected chi connectivity index (χ4v) is 3.54. The molecule has 0 spiro atoms. The minimum atomic E-state index is -0.477. The molecule has 0 aromatic heterocycles. The summed E-state index contributed by atoms with van der Waals surface area (Å²) >= 11 is 0. The van der Waals surface area contributed by atoms with Crippen molar-refractivity contribution in [2.75, 3.05) is 10.2 Å². The van der Waals surface area contributed by atoms with Gasteiger partial charge in [0.25, 0.3) is 11.8 Å². The van der Waals surface area contributed by atoms with Crippen LogP contribution in [-0.2, 0) is 15.0 Å². The van der Waals surface area contributed by atoms with Gasteiger partial charge in [0, 0.05) is 5.69 Å². The Morgan fingerprint density at radius 3 is 1.97 bits per heavy atom. The maximum atomic E-state index is 13.4. The maximum Gasteiger partial charge on any atom is 0.282 e.